The van der Waals surface area contributed by atoms with E-state index in [1.54, 1.807) is 11.9 Å². The Bertz CT molecular complexity index is 512. The summed E-state index contributed by atoms with van der Waals surface area (Å²) in [6.45, 7) is 8.18. The summed E-state index contributed by atoms with van der Waals surface area (Å²) in [5.74, 6) is -0.200. The Morgan fingerprint density at radius 3 is 2.33 bits per heavy atom. The third kappa shape index (κ3) is 6.40. The number of amides is 2. The highest BCUT2D eigenvalue weighted by molar-refractivity contribution is 5.93. The number of anilines is 1. The van der Waals surface area contributed by atoms with Gasteiger partial charge < -0.3 is 10.6 Å². The van der Waals surface area contributed by atoms with Crippen LogP contribution in [0.2, 0.25) is 0 Å². The lowest BCUT2D eigenvalue weighted by molar-refractivity contribution is -0.123. The van der Waals surface area contributed by atoms with Gasteiger partial charge in [0.05, 0.1) is 13.1 Å². The summed E-state index contributed by atoms with van der Waals surface area (Å²) >= 11 is 0. The Hall–Kier alpha value is -1.88. The van der Waals surface area contributed by atoms with E-state index >= 15 is 0 Å². The van der Waals surface area contributed by atoms with E-state index in [1.807, 2.05) is 45.9 Å². The topological polar surface area (TPSA) is 61.4 Å². The lowest BCUT2D eigenvalue weighted by Crippen LogP contribution is -2.41. The Labute approximate surface area is 126 Å². The highest BCUT2D eigenvalue weighted by atomic mass is 16.2. The van der Waals surface area contributed by atoms with Gasteiger partial charge in [0.25, 0.3) is 0 Å². The molecule has 21 heavy (non-hydrogen) atoms. The first-order valence-electron chi connectivity index (χ1n) is 7.13. The number of rotatable bonds is 6. The van der Waals surface area contributed by atoms with Crippen LogP contribution in [0, 0.1) is 13.8 Å². The zero-order chi connectivity index (χ0) is 16.0. The van der Waals surface area contributed by atoms with Gasteiger partial charge >= 0.3 is 0 Å². The van der Waals surface area contributed by atoms with E-state index in [4.69, 9.17) is 0 Å². The molecule has 0 heterocycles. The highest BCUT2D eigenvalue weighted by Crippen LogP contribution is 2.15. The van der Waals surface area contributed by atoms with Crippen LogP contribution < -0.4 is 10.6 Å². The summed E-state index contributed by atoms with van der Waals surface area (Å²) in [4.78, 5) is 25.3. The van der Waals surface area contributed by atoms with Crippen molar-refractivity contribution in [2.24, 2.45) is 0 Å². The van der Waals surface area contributed by atoms with Gasteiger partial charge in [0.15, 0.2) is 0 Å². The smallest absolute Gasteiger partial charge is 0.238 e. The predicted molar refractivity (Wildman–Crippen MR) is 85.3 cm³/mol. The zero-order valence-corrected chi connectivity index (χ0v) is 13.5. The summed E-state index contributed by atoms with van der Waals surface area (Å²) in [6, 6.07) is 5.99. The molecule has 0 aliphatic carbocycles. The molecule has 0 aliphatic heterocycles. The van der Waals surface area contributed by atoms with Crippen molar-refractivity contribution < 1.29 is 9.59 Å². The summed E-state index contributed by atoms with van der Waals surface area (Å²) < 4.78 is 0. The second kappa shape index (κ2) is 7.78. The average Bonchev–Trinajstić information content (AvgIpc) is 2.31. The molecule has 0 atom stereocenters. The summed E-state index contributed by atoms with van der Waals surface area (Å²) in [5, 5.41) is 5.67. The van der Waals surface area contributed by atoms with E-state index < -0.39 is 0 Å². The summed E-state index contributed by atoms with van der Waals surface area (Å²) in [6.07, 6.45) is 0. The summed E-state index contributed by atoms with van der Waals surface area (Å²) in [7, 11) is 1.75. The van der Waals surface area contributed by atoms with Gasteiger partial charge in [-0.2, -0.15) is 0 Å². The highest BCUT2D eigenvalue weighted by Gasteiger charge is 2.12. The largest absolute Gasteiger partial charge is 0.353 e. The van der Waals surface area contributed by atoms with Crippen LogP contribution in [0.4, 0.5) is 5.69 Å². The maximum Gasteiger partial charge on any atom is 0.238 e. The third-order valence-electron chi connectivity index (χ3n) is 2.93. The number of carbonyl (C=O) groups excluding carboxylic acids is 2. The van der Waals surface area contributed by atoms with Gasteiger partial charge in [-0.25, -0.2) is 0 Å². The molecule has 0 aliphatic rings. The minimum absolute atomic E-state index is 0.0770. The molecule has 5 heteroatoms. The van der Waals surface area contributed by atoms with Crippen molar-refractivity contribution in [3.63, 3.8) is 0 Å². The van der Waals surface area contributed by atoms with Crippen molar-refractivity contribution >= 4 is 17.5 Å². The molecule has 1 aromatic carbocycles. The van der Waals surface area contributed by atoms with Gasteiger partial charge in [0.1, 0.15) is 0 Å². The van der Waals surface area contributed by atoms with Gasteiger partial charge in [0.2, 0.25) is 11.8 Å². The predicted octanol–water partition coefficient (Wildman–Crippen LogP) is 1.70. The van der Waals surface area contributed by atoms with Gasteiger partial charge in [-0.3, -0.25) is 14.5 Å². The molecule has 0 saturated heterocycles. The minimum Gasteiger partial charge on any atom is -0.353 e. The van der Waals surface area contributed by atoms with Crippen LogP contribution in [0.15, 0.2) is 18.2 Å². The standard InChI is InChI=1S/C16H25N3O2/c1-11(2)17-15(20)9-19(5)10-16(21)18-14-7-6-12(3)8-13(14)4/h6-8,11H,9-10H2,1-5H3,(H,17,20)(H,18,21). The second-order valence-electron chi connectivity index (χ2n) is 5.76. The van der Waals surface area contributed by atoms with Gasteiger partial charge in [-0.1, -0.05) is 17.7 Å². The SMILES string of the molecule is Cc1ccc(NC(=O)CN(C)CC(=O)NC(C)C)c(C)c1. The quantitative estimate of drug-likeness (QED) is 0.838. The zero-order valence-electron chi connectivity index (χ0n) is 13.5. The molecule has 0 aromatic heterocycles. The lowest BCUT2D eigenvalue weighted by atomic mass is 10.1. The molecule has 0 fully saturated rings. The molecule has 0 spiro atoms. The van der Waals surface area contributed by atoms with Gasteiger partial charge in [-0.15, -0.1) is 0 Å². The van der Waals surface area contributed by atoms with Crippen LogP contribution in [0.1, 0.15) is 25.0 Å². The Kier molecular flexibility index (Phi) is 6.37. The van der Waals surface area contributed by atoms with Crippen LogP contribution >= 0.6 is 0 Å². The molecule has 2 N–H and O–H groups in total. The Balaban J connectivity index is 2.47. The number of likely N-dealkylation sites (N-methyl/N-ethyl adjacent to an activating group) is 1. The molecule has 0 saturated carbocycles. The van der Waals surface area contributed by atoms with Crippen molar-refractivity contribution in [1.29, 1.82) is 0 Å². The van der Waals surface area contributed by atoms with Gasteiger partial charge in [-0.05, 0) is 46.4 Å². The van der Waals surface area contributed by atoms with E-state index in [0.29, 0.717) is 0 Å². The maximum absolute atomic E-state index is 12.0. The van der Waals surface area contributed by atoms with Gasteiger partial charge in [0, 0.05) is 11.7 Å². The van der Waals surface area contributed by atoms with Crippen LogP contribution in [-0.4, -0.2) is 42.9 Å². The number of nitrogens with one attached hydrogen (secondary N) is 2. The van der Waals surface area contributed by atoms with Crippen molar-refractivity contribution in [2.45, 2.75) is 33.7 Å². The molecule has 1 rings (SSSR count). The molecule has 1 aromatic rings. The van der Waals surface area contributed by atoms with E-state index in [1.165, 1.54) is 0 Å². The van der Waals surface area contributed by atoms with Crippen LogP contribution in [0.5, 0.6) is 0 Å². The van der Waals surface area contributed by atoms with E-state index in [9.17, 15) is 9.59 Å². The molecule has 0 bridgehead atoms. The molecule has 5 nitrogen and oxygen atoms in total. The average molecular weight is 291 g/mol. The number of hydrogen-bond donors (Lipinski definition) is 2. The van der Waals surface area contributed by atoms with E-state index in [0.717, 1.165) is 16.8 Å². The van der Waals surface area contributed by atoms with Crippen molar-refractivity contribution in [3.05, 3.63) is 29.3 Å². The summed E-state index contributed by atoms with van der Waals surface area (Å²) in [5.41, 5.74) is 3.00. The second-order valence-corrected chi connectivity index (χ2v) is 5.76. The molecular weight excluding hydrogens is 266 g/mol. The Morgan fingerprint density at radius 1 is 1.14 bits per heavy atom. The first-order chi connectivity index (χ1) is 9.77. The third-order valence-corrected chi connectivity index (χ3v) is 2.93. The van der Waals surface area contributed by atoms with Crippen LogP contribution in [0.25, 0.3) is 0 Å². The van der Waals surface area contributed by atoms with E-state index in [2.05, 4.69) is 10.6 Å². The van der Waals surface area contributed by atoms with Crippen molar-refractivity contribution in [3.8, 4) is 0 Å². The molecule has 2 amide bonds. The normalized spacial score (nSPS) is 10.8. The maximum atomic E-state index is 12.0. The molecule has 0 unspecified atom stereocenters. The number of carbonyl (C=O) groups is 2. The number of benzene rings is 1. The fraction of sp³-hybridized carbons (Fsp3) is 0.500. The first-order valence-corrected chi connectivity index (χ1v) is 7.13. The number of nitrogens with zero attached hydrogens (tertiary/aromatic N) is 1. The van der Waals surface area contributed by atoms with Crippen LogP contribution in [0.3, 0.4) is 0 Å². The monoisotopic (exact) mass is 291 g/mol. The fourth-order valence-electron chi connectivity index (χ4n) is 2.06. The lowest BCUT2D eigenvalue weighted by Gasteiger charge is -2.17. The number of hydrogen-bond acceptors (Lipinski definition) is 3. The molecule has 0 radical (unpaired) electrons. The number of aryl methyl sites for hydroxylation is 2. The molecular formula is C16H25N3O2. The Morgan fingerprint density at radius 2 is 1.76 bits per heavy atom. The van der Waals surface area contributed by atoms with Crippen LogP contribution in [-0.2, 0) is 9.59 Å². The minimum atomic E-state index is -0.123. The van der Waals surface area contributed by atoms with E-state index in [-0.39, 0.29) is 30.9 Å². The fourth-order valence-corrected chi connectivity index (χ4v) is 2.06. The van der Waals surface area contributed by atoms with Crippen molar-refractivity contribution in [2.75, 3.05) is 25.5 Å². The molecule has 116 valence electrons. The van der Waals surface area contributed by atoms with Crippen molar-refractivity contribution in [1.82, 2.24) is 10.2 Å². The first kappa shape index (κ1) is 17.2.